The molecule has 0 aromatic rings. The van der Waals surface area contributed by atoms with Crippen molar-refractivity contribution >= 4 is 5.91 Å². The van der Waals surface area contributed by atoms with E-state index in [0.717, 1.165) is 38.1 Å². The van der Waals surface area contributed by atoms with Crippen molar-refractivity contribution in [3.05, 3.63) is 0 Å². The fourth-order valence-corrected chi connectivity index (χ4v) is 2.84. The summed E-state index contributed by atoms with van der Waals surface area (Å²) in [5.41, 5.74) is 0. The summed E-state index contributed by atoms with van der Waals surface area (Å²) in [5, 5.41) is 3.16. The number of likely N-dealkylation sites (tertiary alicyclic amines) is 1. The number of hydrogen-bond donors (Lipinski definition) is 1. The van der Waals surface area contributed by atoms with Crippen LogP contribution in [0.3, 0.4) is 0 Å². The molecule has 1 rings (SSSR count). The van der Waals surface area contributed by atoms with Crippen molar-refractivity contribution in [1.29, 1.82) is 0 Å². The Bertz CT molecular complexity index is 332. The lowest BCUT2D eigenvalue weighted by Crippen LogP contribution is -2.51. The summed E-state index contributed by atoms with van der Waals surface area (Å²) in [6.45, 7) is 8.11. The SMILES string of the molecule is C#CCN1CCCCC1C(=O)NC(C)CCCC(C)C. The summed E-state index contributed by atoms with van der Waals surface area (Å²) in [4.78, 5) is 14.5. The molecule has 2 unspecified atom stereocenters. The number of amides is 1. The first-order valence-electron chi connectivity index (χ1n) is 8.02. The Balaban J connectivity index is 2.37. The van der Waals surface area contributed by atoms with Gasteiger partial charge in [0, 0.05) is 6.04 Å². The second kappa shape index (κ2) is 9.02. The van der Waals surface area contributed by atoms with Gasteiger partial charge in [0.05, 0.1) is 12.6 Å². The first kappa shape index (κ1) is 17.0. The van der Waals surface area contributed by atoms with Gasteiger partial charge >= 0.3 is 0 Å². The van der Waals surface area contributed by atoms with Gasteiger partial charge in [-0.05, 0) is 38.6 Å². The molecule has 1 amide bonds. The second-order valence-electron chi connectivity index (χ2n) is 6.42. The van der Waals surface area contributed by atoms with Crippen molar-refractivity contribution < 1.29 is 4.79 Å². The molecule has 3 heteroatoms. The minimum Gasteiger partial charge on any atom is -0.352 e. The highest BCUT2D eigenvalue weighted by atomic mass is 16.2. The van der Waals surface area contributed by atoms with Crippen LogP contribution in [0, 0.1) is 18.3 Å². The van der Waals surface area contributed by atoms with E-state index < -0.39 is 0 Å². The maximum Gasteiger partial charge on any atom is 0.237 e. The third-order valence-electron chi connectivity index (χ3n) is 4.02. The summed E-state index contributed by atoms with van der Waals surface area (Å²) >= 11 is 0. The number of nitrogens with one attached hydrogen (secondary N) is 1. The van der Waals surface area contributed by atoms with Crippen LogP contribution in [0.5, 0.6) is 0 Å². The van der Waals surface area contributed by atoms with E-state index in [9.17, 15) is 4.79 Å². The predicted octanol–water partition coefficient (Wildman–Crippen LogP) is 2.81. The fourth-order valence-electron chi connectivity index (χ4n) is 2.84. The van der Waals surface area contributed by atoms with E-state index >= 15 is 0 Å². The Kier molecular flexibility index (Phi) is 7.69. The maximum atomic E-state index is 12.4. The molecule has 0 aromatic carbocycles. The van der Waals surface area contributed by atoms with Crippen LogP contribution in [0.15, 0.2) is 0 Å². The molecule has 1 aliphatic heterocycles. The van der Waals surface area contributed by atoms with Crippen molar-refractivity contribution in [1.82, 2.24) is 10.2 Å². The van der Waals surface area contributed by atoms with E-state index in [0.29, 0.717) is 6.54 Å². The molecule has 3 nitrogen and oxygen atoms in total. The number of rotatable bonds is 7. The molecule has 114 valence electrons. The first-order chi connectivity index (χ1) is 9.54. The van der Waals surface area contributed by atoms with Gasteiger partial charge in [-0.1, -0.05) is 39.0 Å². The van der Waals surface area contributed by atoms with Gasteiger partial charge in [0.1, 0.15) is 0 Å². The average molecular weight is 278 g/mol. The molecule has 1 heterocycles. The van der Waals surface area contributed by atoms with Crippen molar-refractivity contribution in [3.63, 3.8) is 0 Å². The molecule has 1 N–H and O–H groups in total. The van der Waals surface area contributed by atoms with Crippen LogP contribution in [0.1, 0.15) is 59.3 Å². The third-order valence-corrected chi connectivity index (χ3v) is 4.02. The third kappa shape index (κ3) is 5.96. The monoisotopic (exact) mass is 278 g/mol. The van der Waals surface area contributed by atoms with Gasteiger partial charge in [-0.25, -0.2) is 0 Å². The molecular weight excluding hydrogens is 248 g/mol. The van der Waals surface area contributed by atoms with Gasteiger partial charge in [0.2, 0.25) is 5.91 Å². The zero-order valence-electron chi connectivity index (χ0n) is 13.3. The van der Waals surface area contributed by atoms with Crippen molar-refractivity contribution in [2.45, 2.75) is 71.4 Å². The number of terminal acetylenes is 1. The highest BCUT2D eigenvalue weighted by molar-refractivity contribution is 5.82. The minimum absolute atomic E-state index is 0.0210. The Morgan fingerprint density at radius 1 is 1.35 bits per heavy atom. The summed E-state index contributed by atoms with van der Waals surface area (Å²) in [6, 6.07) is 0.239. The molecular formula is C17H30N2O. The number of piperidine rings is 1. The zero-order chi connectivity index (χ0) is 15.0. The highest BCUT2D eigenvalue weighted by Crippen LogP contribution is 2.17. The van der Waals surface area contributed by atoms with Crippen LogP contribution in [-0.2, 0) is 4.79 Å². The van der Waals surface area contributed by atoms with E-state index in [2.05, 4.69) is 36.9 Å². The van der Waals surface area contributed by atoms with E-state index in [-0.39, 0.29) is 18.0 Å². The maximum absolute atomic E-state index is 12.4. The topological polar surface area (TPSA) is 32.3 Å². The van der Waals surface area contributed by atoms with Crippen molar-refractivity contribution in [3.8, 4) is 12.3 Å². The molecule has 0 aliphatic carbocycles. The zero-order valence-corrected chi connectivity index (χ0v) is 13.3. The molecule has 20 heavy (non-hydrogen) atoms. The molecule has 0 aromatic heterocycles. The predicted molar refractivity (Wildman–Crippen MR) is 84.3 cm³/mol. The van der Waals surface area contributed by atoms with Crippen LogP contribution < -0.4 is 5.32 Å². The number of carbonyl (C=O) groups is 1. The van der Waals surface area contributed by atoms with Gasteiger partial charge in [-0.2, -0.15) is 0 Å². The molecule has 0 bridgehead atoms. The van der Waals surface area contributed by atoms with Crippen LogP contribution in [0.4, 0.5) is 0 Å². The Morgan fingerprint density at radius 3 is 2.75 bits per heavy atom. The molecule has 0 radical (unpaired) electrons. The lowest BCUT2D eigenvalue weighted by Gasteiger charge is -2.34. The van der Waals surface area contributed by atoms with Crippen molar-refractivity contribution in [2.24, 2.45) is 5.92 Å². The minimum atomic E-state index is -0.0210. The number of carbonyl (C=O) groups excluding carboxylic acids is 1. The second-order valence-corrected chi connectivity index (χ2v) is 6.42. The molecule has 1 fully saturated rings. The van der Waals surface area contributed by atoms with Gasteiger partial charge < -0.3 is 5.32 Å². The van der Waals surface area contributed by atoms with E-state index in [1.807, 2.05) is 0 Å². The molecule has 2 atom stereocenters. The summed E-state index contributed by atoms with van der Waals surface area (Å²) in [7, 11) is 0. The standard InChI is InChI=1S/C17H30N2O/c1-5-12-19-13-7-6-11-16(19)17(20)18-15(4)10-8-9-14(2)3/h1,14-16H,6-13H2,2-4H3,(H,18,20). The Hall–Kier alpha value is -1.01. The van der Waals surface area contributed by atoms with Gasteiger partial charge in [0.15, 0.2) is 0 Å². The summed E-state index contributed by atoms with van der Waals surface area (Å²) < 4.78 is 0. The van der Waals surface area contributed by atoms with Gasteiger partial charge in [-0.3, -0.25) is 9.69 Å². The van der Waals surface area contributed by atoms with Crippen molar-refractivity contribution in [2.75, 3.05) is 13.1 Å². The normalized spacial score (nSPS) is 21.4. The van der Waals surface area contributed by atoms with E-state index in [1.54, 1.807) is 0 Å². The van der Waals surface area contributed by atoms with Crippen LogP contribution in [-0.4, -0.2) is 36.0 Å². The summed E-state index contributed by atoms with van der Waals surface area (Å²) in [5.74, 6) is 3.57. The Morgan fingerprint density at radius 2 is 2.10 bits per heavy atom. The average Bonchev–Trinajstić information content (AvgIpc) is 2.39. The Labute approximate surface area is 124 Å². The smallest absolute Gasteiger partial charge is 0.237 e. The van der Waals surface area contributed by atoms with E-state index in [4.69, 9.17) is 6.42 Å². The van der Waals surface area contributed by atoms with Gasteiger partial charge in [-0.15, -0.1) is 6.42 Å². The van der Waals surface area contributed by atoms with Crippen LogP contribution in [0.25, 0.3) is 0 Å². The van der Waals surface area contributed by atoms with Crippen LogP contribution in [0.2, 0.25) is 0 Å². The van der Waals surface area contributed by atoms with Crippen LogP contribution >= 0.6 is 0 Å². The fraction of sp³-hybridized carbons (Fsp3) is 0.824. The lowest BCUT2D eigenvalue weighted by molar-refractivity contribution is -0.128. The quantitative estimate of drug-likeness (QED) is 0.726. The van der Waals surface area contributed by atoms with Gasteiger partial charge in [0.25, 0.3) is 0 Å². The molecule has 1 saturated heterocycles. The molecule has 1 aliphatic rings. The highest BCUT2D eigenvalue weighted by Gasteiger charge is 2.28. The largest absolute Gasteiger partial charge is 0.352 e. The molecule has 0 saturated carbocycles. The first-order valence-corrected chi connectivity index (χ1v) is 8.02. The number of nitrogens with zero attached hydrogens (tertiary/aromatic N) is 1. The number of hydrogen-bond acceptors (Lipinski definition) is 2. The van der Waals surface area contributed by atoms with E-state index in [1.165, 1.54) is 12.8 Å². The summed E-state index contributed by atoms with van der Waals surface area (Å²) in [6.07, 6.45) is 12.1. The molecule has 0 spiro atoms. The lowest BCUT2D eigenvalue weighted by atomic mass is 10.00.